The minimum atomic E-state index is -1.04. The second-order valence-electron chi connectivity index (χ2n) is 14.2. The van der Waals surface area contributed by atoms with Crippen molar-refractivity contribution in [3.63, 3.8) is 0 Å². The second kappa shape index (κ2) is 19.1. The standard InChI is InChI=1S/C34H59N5O7/c1-23(2)16-18-38(31(41)22-39(19-17-32(42)43)33(44)25-9-7-10-28(20-25)46-4)21-30(40)35-26-12-14-27(15-13-26)36-34(45)37-29-11-6-5-8-24(29)3/h23-29H,5-22H2,1-4H3,(H,35,40)(H,42,43)(H2,36,37,45). The number of hydrogen-bond acceptors (Lipinski definition) is 6. The lowest BCUT2D eigenvalue weighted by atomic mass is 9.86. The van der Waals surface area contributed by atoms with E-state index in [1.165, 1.54) is 16.2 Å². The summed E-state index contributed by atoms with van der Waals surface area (Å²) in [4.78, 5) is 67.1. The van der Waals surface area contributed by atoms with Gasteiger partial charge in [-0.2, -0.15) is 0 Å². The molecule has 0 saturated heterocycles. The first-order chi connectivity index (χ1) is 21.9. The van der Waals surface area contributed by atoms with E-state index in [1.54, 1.807) is 7.11 Å². The van der Waals surface area contributed by atoms with Crippen LogP contribution in [0.5, 0.6) is 0 Å². The van der Waals surface area contributed by atoms with Gasteiger partial charge in [-0.1, -0.05) is 40.0 Å². The maximum atomic E-state index is 13.6. The molecule has 4 unspecified atom stereocenters. The van der Waals surface area contributed by atoms with Crippen molar-refractivity contribution in [3.8, 4) is 0 Å². The fourth-order valence-electron chi connectivity index (χ4n) is 7.06. The number of carbonyl (C=O) groups excluding carboxylic acids is 4. The number of nitrogens with zero attached hydrogens (tertiary/aromatic N) is 2. The summed E-state index contributed by atoms with van der Waals surface area (Å²) in [7, 11) is 1.63. The molecule has 0 spiro atoms. The van der Waals surface area contributed by atoms with Crippen molar-refractivity contribution in [3.05, 3.63) is 0 Å². The van der Waals surface area contributed by atoms with Crippen LogP contribution in [0.3, 0.4) is 0 Å². The number of urea groups is 1. The molecular formula is C34H59N5O7. The highest BCUT2D eigenvalue weighted by Gasteiger charge is 2.33. The Balaban J connectivity index is 1.52. The van der Waals surface area contributed by atoms with E-state index >= 15 is 0 Å². The molecule has 0 aromatic heterocycles. The number of carboxylic acid groups (broad SMARTS) is 1. The molecule has 0 heterocycles. The highest BCUT2D eigenvalue weighted by atomic mass is 16.5. The largest absolute Gasteiger partial charge is 0.481 e. The van der Waals surface area contributed by atoms with Gasteiger partial charge in [0.1, 0.15) is 0 Å². The van der Waals surface area contributed by atoms with Gasteiger partial charge in [0.05, 0.1) is 25.6 Å². The van der Waals surface area contributed by atoms with E-state index in [2.05, 4.69) is 22.9 Å². The number of rotatable bonds is 15. The molecule has 3 fully saturated rings. The molecule has 4 atom stereocenters. The van der Waals surface area contributed by atoms with Gasteiger partial charge < -0.3 is 35.6 Å². The Morgan fingerprint density at radius 3 is 2.11 bits per heavy atom. The quantitative estimate of drug-likeness (QED) is 0.211. The van der Waals surface area contributed by atoms with Crippen LogP contribution in [-0.2, 0) is 23.9 Å². The topological polar surface area (TPSA) is 157 Å². The number of aliphatic carboxylic acids is 1. The molecule has 262 valence electrons. The van der Waals surface area contributed by atoms with Crippen molar-refractivity contribution in [1.29, 1.82) is 0 Å². The molecule has 0 bridgehead atoms. The average molecular weight is 650 g/mol. The molecule has 0 aromatic carbocycles. The van der Waals surface area contributed by atoms with Crippen molar-refractivity contribution in [2.75, 3.05) is 33.3 Å². The summed E-state index contributed by atoms with van der Waals surface area (Å²) in [5, 5.41) is 18.7. The number of ether oxygens (including phenoxy) is 1. The molecule has 12 heteroatoms. The fourth-order valence-corrected chi connectivity index (χ4v) is 7.06. The van der Waals surface area contributed by atoms with Gasteiger partial charge in [0, 0.05) is 44.2 Å². The first kappa shape index (κ1) is 37.6. The second-order valence-corrected chi connectivity index (χ2v) is 14.2. The van der Waals surface area contributed by atoms with Gasteiger partial charge >= 0.3 is 12.0 Å². The van der Waals surface area contributed by atoms with Crippen LogP contribution in [0.4, 0.5) is 4.79 Å². The van der Waals surface area contributed by atoms with Crippen molar-refractivity contribution < 1.29 is 33.8 Å². The van der Waals surface area contributed by atoms with Crippen molar-refractivity contribution in [2.45, 2.75) is 135 Å². The van der Waals surface area contributed by atoms with Gasteiger partial charge in [-0.3, -0.25) is 19.2 Å². The van der Waals surface area contributed by atoms with Crippen molar-refractivity contribution in [2.24, 2.45) is 17.8 Å². The highest BCUT2D eigenvalue weighted by Crippen LogP contribution is 2.28. The van der Waals surface area contributed by atoms with Gasteiger partial charge in [0.15, 0.2) is 0 Å². The van der Waals surface area contributed by atoms with E-state index in [0.29, 0.717) is 37.6 Å². The van der Waals surface area contributed by atoms with Crippen LogP contribution in [0.25, 0.3) is 0 Å². The third kappa shape index (κ3) is 12.7. The predicted octanol–water partition coefficient (Wildman–Crippen LogP) is 3.67. The zero-order valence-corrected chi connectivity index (χ0v) is 28.6. The Morgan fingerprint density at radius 1 is 0.804 bits per heavy atom. The van der Waals surface area contributed by atoms with E-state index in [4.69, 9.17) is 4.74 Å². The number of carboxylic acids is 1. The van der Waals surface area contributed by atoms with Gasteiger partial charge in [0.2, 0.25) is 17.7 Å². The lowest BCUT2D eigenvalue weighted by Crippen LogP contribution is -2.52. The first-order valence-corrected chi connectivity index (χ1v) is 17.6. The zero-order chi connectivity index (χ0) is 33.6. The van der Waals surface area contributed by atoms with E-state index < -0.39 is 5.97 Å². The summed E-state index contributed by atoms with van der Waals surface area (Å²) < 4.78 is 5.48. The van der Waals surface area contributed by atoms with Gasteiger partial charge in [-0.15, -0.1) is 0 Å². The van der Waals surface area contributed by atoms with Crippen LogP contribution in [0.15, 0.2) is 0 Å². The van der Waals surface area contributed by atoms with Gasteiger partial charge in [0.25, 0.3) is 0 Å². The Bertz CT molecular complexity index is 1020. The minimum absolute atomic E-state index is 0.0284. The minimum Gasteiger partial charge on any atom is -0.481 e. The summed E-state index contributed by atoms with van der Waals surface area (Å²) in [5.74, 6) is -1.40. The van der Waals surface area contributed by atoms with Crippen LogP contribution in [0.1, 0.15) is 111 Å². The molecule has 4 N–H and O–H groups in total. The summed E-state index contributed by atoms with van der Waals surface area (Å²) in [6, 6.07) is 0.142. The predicted molar refractivity (Wildman–Crippen MR) is 175 cm³/mol. The molecule has 3 aliphatic rings. The summed E-state index contributed by atoms with van der Waals surface area (Å²) in [6.45, 7) is 6.20. The molecule has 5 amide bonds. The number of nitrogens with one attached hydrogen (secondary N) is 3. The monoisotopic (exact) mass is 649 g/mol. The number of carbonyl (C=O) groups is 5. The summed E-state index contributed by atoms with van der Waals surface area (Å²) >= 11 is 0. The number of hydrogen-bond donors (Lipinski definition) is 4. The molecule has 3 rings (SSSR count). The number of methoxy groups -OCH3 is 1. The lowest BCUT2D eigenvalue weighted by Gasteiger charge is -2.34. The molecule has 12 nitrogen and oxygen atoms in total. The lowest BCUT2D eigenvalue weighted by molar-refractivity contribution is -0.147. The molecule has 0 radical (unpaired) electrons. The van der Waals surface area contributed by atoms with E-state index in [9.17, 15) is 29.1 Å². The van der Waals surface area contributed by atoms with Crippen LogP contribution in [-0.4, -0.2) is 102 Å². The number of amides is 5. The maximum Gasteiger partial charge on any atom is 0.315 e. The van der Waals surface area contributed by atoms with Crippen LogP contribution >= 0.6 is 0 Å². The van der Waals surface area contributed by atoms with E-state index in [1.807, 2.05) is 13.8 Å². The summed E-state index contributed by atoms with van der Waals surface area (Å²) in [6.07, 6.45) is 10.9. The third-order valence-corrected chi connectivity index (χ3v) is 10.1. The molecule has 0 aliphatic heterocycles. The highest BCUT2D eigenvalue weighted by molar-refractivity contribution is 5.89. The van der Waals surface area contributed by atoms with Gasteiger partial charge in [-0.05, 0) is 76.0 Å². The van der Waals surface area contributed by atoms with Crippen molar-refractivity contribution in [1.82, 2.24) is 25.8 Å². The van der Waals surface area contributed by atoms with Crippen LogP contribution < -0.4 is 16.0 Å². The maximum absolute atomic E-state index is 13.6. The van der Waals surface area contributed by atoms with Crippen LogP contribution in [0.2, 0.25) is 0 Å². The molecule has 3 saturated carbocycles. The zero-order valence-electron chi connectivity index (χ0n) is 28.6. The SMILES string of the molecule is COC1CCCC(C(=O)N(CCC(=O)O)CC(=O)N(CCC(C)C)CC(=O)NC2CCC(NC(=O)NC3CCCCC3C)CC2)C1. The normalized spacial score (nSPS) is 26.5. The molecule has 0 aromatic rings. The van der Waals surface area contributed by atoms with Gasteiger partial charge in [-0.25, -0.2) is 4.79 Å². The summed E-state index contributed by atoms with van der Waals surface area (Å²) in [5.41, 5.74) is 0. The van der Waals surface area contributed by atoms with Crippen LogP contribution in [0, 0.1) is 17.8 Å². The first-order valence-electron chi connectivity index (χ1n) is 17.6. The fraction of sp³-hybridized carbons (Fsp3) is 0.853. The third-order valence-electron chi connectivity index (χ3n) is 10.1. The average Bonchev–Trinajstić information content (AvgIpc) is 3.02. The molecule has 3 aliphatic carbocycles. The molecule has 46 heavy (non-hydrogen) atoms. The Morgan fingerprint density at radius 2 is 1.48 bits per heavy atom. The molecular weight excluding hydrogens is 590 g/mol. The Kier molecular flexibility index (Phi) is 15.6. The Labute approximate surface area is 275 Å². The Hall–Kier alpha value is -2.89. The van der Waals surface area contributed by atoms with E-state index in [-0.39, 0.29) is 80.0 Å². The smallest absolute Gasteiger partial charge is 0.315 e. The van der Waals surface area contributed by atoms with Crippen molar-refractivity contribution >= 4 is 29.7 Å². The van der Waals surface area contributed by atoms with E-state index in [0.717, 1.165) is 57.8 Å².